The molecule has 30 heavy (non-hydrogen) atoms. The monoisotopic (exact) mass is 420 g/mol. The largest absolute Gasteiger partial charge is 0.482 e. The van der Waals surface area contributed by atoms with Gasteiger partial charge in [-0.05, 0) is 32.9 Å². The van der Waals surface area contributed by atoms with Crippen LogP contribution < -0.4 is 10.1 Å². The van der Waals surface area contributed by atoms with Crippen LogP contribution in [0, 0.1) is 10.1 Å². The molecule has 1 atom stereocenters. The summed E-state index contributed by atoms with van der Waals surface area (Å²) in [6, 6.07) is 3.12. The molecule has 160 valence electrons. The number of nitrogens with one attached hydrogen (secondary N) is 1. The molecule has 0 spiro atoms. The highest BCUT2D eigenvalue weighted by Gasteiger charge is 2.51. The smallest absolute Gasteiger partial charge is 0.344 e. The van der Waals surface area contributed by atoms with E-state index in [9.17, 15) is 34.7 Å². The summed E-state index contributed by atoms with van der Waals surface area (Å²) in [5.41, 5.74) is -3.24. The first kappa shape index (κ1) is 22.4. The molecular formula is C19H20N2O9. The van der Waals surface area contributed by atoms with Gasteiger partial charge in [0.25, 0.3) is 5.69 Å². The predicted octanol–water partition coefficient (Wildman–Crippen LogP) is 1.72. The highest BCUT2D eigenvalue weighted by atomic mass is 16.6. The molecule has 1 aliphatic rings. The number of ether oxygens (including phenoxy) is 2. The molecule has 1 unspecified atom stereocenters. The molecular weight excluding hydrogens is 400 g/mol. The van der Waals surface area contributed by atoms with Gasteiger partial charge in [-0.3, -0.25) is 14.9 Å². The molecule has 3 N–H and O–H groups in total. The number of hydrogen-bond acceptors (Lipinski definition) is 8. The van der Waals surface area contributed by atoms with Crippen molar-refractivity contribution in [1.82, 2.24) is 5.32 Å². The van der Waals surface area contributed by atoms with Crippen molar-refractivity contribution in [2.75, 3.05) is 13.2 Å². The quantitative estimate of drug-likeness (QED) is 0.320. The molecule has 1 aromatic carbocycles. The lowest BCUT2D eigenvalue weighted by molar-refractivity contribution is -0.385. The van der Waals surface area contributed by atoms with Crippen molar-refractivity contribution in [3.63, 3.8) is 0 Å². The van der Waals surface area contributed by atoms with Crippen molar-refractivity contribution < 1.29 is 39.0 Å². The number of rotatable bonds is 8. The van der Waals surface area contributed by atoms with Crippen LogP contribution in [0.1, 0.15) is 26.3 Å². The average Bonchev–Trinajstić information content (AvgIpc) is 2.65. The van der Waals surface area contributed by atoms with Gasteiger partial charge in [0.15, 0.2) is 12.0 Å². The van der Waals surface area contributed by atoms with Crippen LogP contribution in [0.2, 0.25) is 0 Å². The zero-order valence-electron chi connectivity index (χ0n) is 16.4. The summed E-state index contributed by atoms with van der Waals surface area (Å²) in [6.45, 7) is 3.99. The number of carbonyl (C=O) groups is 3. The summed E-state index contributed by atoms with van der Waals surface area (Å²) in [4.78, 5) is 46.7. The number of carboxylic acids is 2. The minimum absolute atomic E-state index is 0.0488. The van der Waals surface area contributed by atoms with E-state index in [0.717, 1.165) is 24.3 Å². The third kappa shape index (κ3) is 4.09. The molecule has 11 heteroatoms. The third-order valence-corrected chi connectivity index (χ3v) is 4.39. The van der Waals surface area contributed by atoms with E-state index >= 15 is 0 Å². The first-order valence-electron chi connectivity index (χ1n) is 8.76. The molecule has 0 amide bonds. The number of esters is 1. The van der Waals surface area contributed by atoms with Crippen LogP contribution in [-0.4, -0.2) is 46.3 Å². The van der Waals surface area contributed by atoms with Crippen LogP contribution in [0.25, 0.3) is 0 Å². The molecule has 0 bridgehead atoms. The van der Waals surface area contributed by atoms with Crippen LogP contribution in [0.4, 0.5) is 5.69 Å². The minimum Gasteiger partial charge on any atom is -0.482 e. The normalized spacial score (nSPS) is 18.2. The Labute approximate surface area is 170 Å². The second-order valence-corrected chi connectivity index (χ2v) is 6.40. The van der Waals surface area contributed by atoms with E-state index < -0.39 is 46.1 Å². The topological polar surface area (TPSA) is 165 Å². The van der Waals surface area contributed by atoms with Gasteiger partial charge in [-0.15, -0.1) is 0 Å². The Kier molecular flexibility index (Phi) is 6.45. The van der Waals surface area contributed by atoms with Crippen molar-refractivity contribution in [3.05, 3.63) is 56.9 Å². The number of carbonyl (C=O) groups excluding carboxylic acids is 1. The van der Waals surface area contributed by atoms with Crippen molar-refractivity contribution in [2.24, 2.45) is 0 Å². The number of hydrogen-bond donors (Lipinski definition) is 3. The molecule has 0 saturated carbocycles. The molecule has 1 aromatic rings. The molecule has 0 aliphatic carbocycles. The Balaban J connectivity index is 2.80. The van der Waals surface area contributed by atoms with Crippen LogP contribution in [0.15, 0.2) is 41.2 Å². The number of aliphatic carboxylic acids is 2. The van der Waals surface area contributed by atoms with Gasteiger partial charge in [-0.1, -0.05) is 0 Å². The van der Waals surface area contributed by atoms with Gasteiger partial charge in [0.2, 0.25) is 0 Å². The minimum atomic E-state index is -2.30. The number of dihydropyridines is 1. The Morgan fingerprint density at radius 2 is 1.90 bits per heavy atom. The van der Waals surface area contributed by atoms with E-state index in [-0.39, 0.29) is 23.6 Å². The molecule has 0 aromatic heterocycles. The highest BCUT2D eigenvalue weighted by molar-refractivity contribution is 6.04. The van der Waals surface area contributed by atoms with Gasteiger partial charge in [0.1, 0.15) is 5.75 Å². The van der Waals surface area contributed by atoms with E-state index in [1.54, 1.807) is 6.92 Å². The van der Waals surface area contributed by atoms with E-state index in [0.29, 0.717) is 5.70 Å². The summed E-state index contributed by atoms with van der Waals surface area (Å²) in [5, 5.41) is 34.0. The van der Waals surface area contributed by atoms with Crippen LogP contribution in [-0.2, 0) is 24.5 Å². The van der Waals surface area contributed by atoms with Crippen molar-refractivity contribution in [1.29, 1.82) is 0 Å². The predicted molar refractivity (Wildman–Crippen MR) is 102 cm³/mol. The van der Waals surface area contributed by atoms with Crippen molar-refractivity contribution in [2.45, 2.75) is 26.2 Å². The first-order valence-corrected chi connectivity index (χ1v) is 8.76. The maximum absolute atomic E-state index is 12.5. The van der Waals surface area contributed by atoms with E-state index in [1.165, 1.54) is 13.8 Å². The Morgan fingerprint density at radius 1 is 1.23 bits per heavy atom. The highest BCUT2D eigenvalue weighted by Crippen LogP contribution is 2.44. The van der Waals surface area contributed by atoms with Crippen LogP contribution in [0.5, 0.6) is 5.75 Å². The lowest BCUT2D eigenvalue weighted by atomic mass is 9.70. The van der Waals surface area contributed by atoms with Gasteiger partial charge in [-0.2, -0.15) is 0 Å². The van der Waals surface area contributed by atoms with Gasteiger partial charge >= 0.3 is 17.9 Å². The van der Waals surface area contributed by atoms with Crippen molar-refractivity contribution in [3.8, 4) is 5.75 Å². The first-order chi connectivity index (χ1) is 14.0. The second kappa shape index (κ2) is 8.64. The number of allylic oxidation sites excluding steroid dienone is 2. The summed E-state index contributed by atoms with van der Waals surface area (Å²) in [5.74, 6) is -4.06. The van der Waals surface area contributed by atoms with Gasteiger partial charge in [-0.25, -0.2) is 9.59 Å². The van der Waals surface area contributed by atoms with Gasteiger partial charge < -0.3 is 25.0 Å². The standard InChI is InChI=1S/C19H20N2O9/c1-4-29-15(22)9-30-14-6-5-12(21(27)28)7-13(14)19(18(25)26)8-10(2)20-11(3)16(19)17(23)24/h5-8,20H,4,9H2,1-3H3,(H,23,24)(H,25,26). The third-order valence-electron chi connectivity index (χ3n) is 4.39. The Hall–Kier alpha value is -3.89. The average molecular weight is 420 g/mol. The molecule has 1 heterocycles. The number of carboxylic acid groups (broad SMARTS) is 2. The van der Waals surface area contributed by atoms with Crippen molar-refractivity contribution >= 4 is 23.6 Å². The molecule has 2 rings (SSSR count). The molecule has 11 nitrogen and oxygen atoms in total. The zero-order chi connectivity index (χ0) is 22.6. The lowest BCUT2D eigenvalue weighted by Crippen LogP contribution is -2.44. The molecule has 1 aliphatic heterocycles. The molecule has 0 radical (unpaired) electrons. The number of benzene rings is 1. The van der Waals surface area contributed by atoms with Crippen LogP contribution in [0.3, 0.4) is 0 Å². The maximum atomic E-state index is 12.5. The van der Waals surface area contributed by atoms with E-state index in [2.05, 4.69) is 5.32 Å². The number of nitrogens with zero attached hydrogens (tertiary/aromatic N) is 1. The fourth-order valence-corrected chi connectivity index (χ4v) is 3.32. The summed E-state index contributed by atoms with van der Waals surface area (Å²) in [6.07, 6.45) is 1.14. The summed E-state index contributed by atoms with van der Waals surface area (Å²) < 4.78 is 10.2. The van der Waals surface area contributed by atoms with Crippen LogP contribution >= 0.6 is 0 Å². The van der Waals surface area contributed by atoms with E-state index in [4.69, 9.17) is 9.47 Å². The number of nitro benzene ring substituents is 1. The summed E-state index contributed by atoms with van der Waals surface area (Å²) in [7, 11) is 0. The zero-order valence-corrected chi connectivity index (χ0v) is 16.4. The fraction of sp³-hybridized carbons (Fsp3) is 0.316. The lowest BCUT2D eigenvalue weighted by Gasteiger charge is -2.34. The fourth-order valence-electron chi connectivity index (χ4n) is 3.32. The maximum Gasteiger partial charge on any atom is 0.344 e. The van der Waals surface area contributed by atoms with Gasteiger partial charge in [0, 0.05) is 29.1 Å². The molecule has 0 fully saturated rings. The number of non-ortho nitro benzene ring substituents is 1. The SMILES string of the molecule is CCOC(=O)COc1ccc([N+](=O)[O-])cc1C1(C(=O)O)C=C(C)NC(C)=C1C(=O)O. The molecule has 0 saturated heterocycles. The second-order valence-electron chi connectivity index (χ2n) is 6.40. The summed E-state index contributed by atoms with van der Waals surface area (Å²) >= 11 is 0. The Morgan fingerprint density at radius 3 is 2.43 bits per heavy atom. The Bertz CT molecular complexity index is 980. The number of nitro groups is 1. The van der Waals surface area contributed by atoms with Gasteiger partial charge in [0.05, 0.1) is 17.1 Å². The van der Waals surface area contributed by atoms with E-state index in [1.807, 2.05) is 0 Å².